The topological polar surface area (TPSA) is 96.8 Å². The molecule has 1 N–H and O–H groups in total. The summed E-state index contributed by atoms with van der Waals surface area (Å²) in [5.41, 5.74) is 1.67. The Kier molecular flexibility index (Phi) is 4.70. The minimum atomic E-state index is -0.232. The summed E-state index contributed by atoms with van der Waals surface area (Å²) >= 11 is 4.90. The highest BCUT2D eigenvalue weighted by atomic mass is 32.1. The second-order valence-corrected chi connectivity index (χ2v) is 4.70. The van der Waals surface area contributed by atoms with E-state index in [1.807, 2.05) is 12.1 Å². The lowest BCUT2D eigenvalue weighted by Crippen LogP contribution is -2.32. The third-order valence-electron chi connectivity index (χ3n) is 2.94. The number of hydrogen-bond donors (Lipinski definition) is 1. The Morgan fingerprint density at radius 1 is 1.29 bits per heavy atom. The van der Waals surface area contributed by atoms with Crippen molar-refractivity contribution in [2.75, 3.05) is 13.1 Å². The van der Waals surface area contributed by atoms with E-state index in [9.17, 15) is 4.79 Å². The monoisotopic (exact) mass is 300 g/mol. The molecule has 0 saturated heterocycles. The van der Waals surface area contributed by atoms with Gasteiger partial charge in [0.1, 0.15) is 0 Å². The number of H-pyrrole nitrogens is 1. The molecule has 7 heteroatoms. The van der Waals surface area contributed by atoms with Crippen LogP contribution in [0.1, 0.15) is 23.2 Å². The van der Waals surface area contributed by atoms with E-state index >= 15 is 0 Å². The summed E-state index contributed by atoms with van der Waals surface area (Å²) in [6.07, 6.45) is 0.453. The van der Waals surface area contributed by atoms with Crippen molar-refractivity contribution >= 4 is 29.2 Å². The lowest BCUT2D eigenvalue weighted by Gasteiger charge is -2.20. The molecule has 21 heavy (non-hydrogen) atoms. The van der Waals surface area contributed by atoms with Gasteiger partial charge >= 0.3 is 0 Å². The van der Waals surface area contributed by atoms with Crippen LogP contribution < -0.4 is 0 Å². The van der Waals surface area contributed by atoms with E-state index in [-0.39, 0.29) is 23.6 Å². The number of carbonyl (C=O) groups excluding carboxylic acids is 1. The summed E-state index contributed by atoms with van der Waals surface area (Å²) in [7, 11) is 0. The molecule has 0 spiro atoms. The number of fused-ring (bicyclic) bond motifs is 1. The molecule has 0 aliphatic heterocycles. The van der Waals surface area contributed by atoms with Crippen molar-refractivity contribution in [2.24, 2.45) is 0 Å². The van der Waals surface area contributed by atoms with Gasteiger partial charge in [0, 0.05) is 18.7 Å². The molecule has 0 bridgehead atoms. The van der Waals surface area contributed by atoms with E-state index in [0.29, 0.717) is 24.2 Å². The number of aromatic amines is 1. The SMILES string of the molecule is N#CCCN(CCC#N)C(=O)c1ccc2[nH]c(=S)oc2c1. The van der Waals surface area contributed by atoms with Crippen molar-refractivity contribution in [1.82, 2.24) is 9.88 Å². The zero-order valence-electron chi connectivity index (χ0n) is 11.1. The second kappa shape index (κ2) is 6.69. The molecule has 2 rings (SSSR count). The van der Waals surface area contributed by atoms with Crippen LogP contribution in [-0.2, 0) is 0 Å². The molecule has 0 aliphatic carbocycles. The number of nitriles is 2. The summed E-state index contributed by atoms with van der Waals surface area (Å²) < 4.78 is 5.28. The van der Waals surface area contributed by atoms with Gasteiger partial charge in [-0.25, -0.2) is 0 Å². The second-order valence-electron chi connectivity index (χ2n) is 4.33. The minimum absolute atomic E-state index is 0.226. The van der Waals surface area contributed by atoms with E-state index in [4.69, 9.17) is 27.2 Å². The molecule has 0 atom stereocenters. The molecule has 2 aromatic rings. The minimum Gasteiger partial charge on any atom is -0.429 e. The highest BCUT2D eigenvalue weighted by Gasteiger charge is 2.16. The van der Waals surface area contributed by atoms with Gasteiger partial charge in [0.05, 0.1) is 30.5 Å². The predicted molar refractivity (Wildman–Crippen MR) is 77.8 cm³/mol. The van der Waals surface area contributed by atoms with Gasteiger partial charge in [-0.2, -0.15) is 10.5 Å². The summed E-state index contributed by atoms with van der Waals surface area (Å²) in [5, 5.41) is 17.3. The molecule has 0 fully saturated rings. The van der Waals surface area contributed by atoms with E-state index < -0.39 is 0 Å². The van der Waals surface area contributed by atoms with Gasteiger partial charge in [-0.05, 0) is 30.4 Å². The van der Waals surface area contributed by atoms with Crippen molar-refractivity contribution in [3.8, 4) is 12.1 Å². The van der Waals surface area contributed by atoms with E-state index in [2.05, 4.69) is 4.98 Å². The first-order valence-electron chi connectivity index (χ1n) is 6.31. The standard InChI is InChI=1S/C14H12N4O2S/c15-5-1-7-18(8-2-6-16)13(19)10-3-4-11-12(9-10)20-14(21)17-11/h3-4,9H,1-2,7-8H2,(H,17,21). The van der Waals surface area contributed by atoms with Gasteiger partial charge in [0.25, 0.3) is 10.7 Å². The highest BCUT2D eigenvalue weighted by molar-refractivity contribution is 7.71. The van der Waals surface area contributed by atoms with E-state index in [1.165, 1.54) is 4.90 Å². The average Bonchev–Trinajstić information content (AvgIpc) is 2.85. The van der Waals surface area contributed by atoms with Gasteiger partial charge in [0.2, 0.25) is 0 Å². The van der Waals surface area contributed by atoms with E-state index in [0.717, 1.165) is 5.52 Å². The van der Waals surface area contributed by atoms with Crippen molar-refractivity contribution in [2.45, 2.75) is 12.8 Å². The number of hydrogen-bond acceptors (Lipinski definition) is 5. The first kappa shape index (κ1) is 14.8. The lowest BCUT2D eigenvalue weighted by molar-refractivity contribution is 0.0762. The molecule has 0 saturated carbocycles. The van der Waals surface area contributed by atoms with Gasteiger partial charge in [-0.1, -0.05) is 0 Å². The average molecular weight is 300 g/mol. The first-order valence-corrected chi connectivity index (χ1v) is 6.72. The fourth-order valence-corrected chi connectivity index (χ4v) is 2.15. The maximum absolute atomic E-state index is 12.4. The summed E-state index contributed by atoms with van der Waals surface area (Å²) in [5.74, 6) is -0.232. The Balaban J connectivity index is 2.26. The zero-order valence-corrected chi connectivity index (χ0v) is 11.9. The molecule has 1 heterocycles. The maximum atomic E-state index is 12.4. The Labute approximate surface area is 126 Å². The number of nitrogens with zero attached hydrogens (tertiary/aromatic N) is 3. The summed E-state index contributed by atoms with van der Waals surface area (Å²) in [6.45, 7) is 0.594. The number of rotatable bonds is 5. The number of carbonyl (C=O) groups is 1. The van der Waals surface area contributed by atoms with Crippen LogP contribution in [0.15, 0.2) is 22.6 Å². The van der Waals surface area contributed by atoms with Gasteiger partial charge < -0.3 is 14.3 Å². The molecule has 1 amide bonds. The van der Waals surface area contributed by atoms with Crippen LogP contribution in [0.2, 0.25) is 0 Å². The molecular weight excluding hydrogens is 288 g/mol. The third-order valence-corrected chi connectivity index (χ3v) is 3.13. The fraction of sp³-hybridized carbons (Fsp3) is 0.286. The largest absolute Gasteiger partial charge is 0.429 e. The third kappa shape index (κ3) is 3.47. The first-order chi connectivity index (χ1) is 10.2. The van der Waals surface area contributed by atoms with Gasteiger partial charge in [-0.3, -0.25) is 4.79 Å². The molecule has 1 aromatic heterocycles. The van der Waals surface area contributed by atoms with Crippen molar-refractivity contribution < 1.29 is 9.21 Å². The number of amides is 1. The summed E-state index contributed by atoms with van der Waals surface area (Å²) in [6, 6.07) is 8.99. The Bertz CT molecular complexity index is 776. The highest BCUT2D eigenvalue weighted by Crippen LogP contribution is 2.17. The Morgan fingerprint density at radius 2 is 1.95 bits per heavy atom. The Morgan fingerprint density at radius 3 is 2.57 bits per heavy atom. The fourth-order valence-electron chi connectivity index (χ4n) is 1.95. The van der Waals surface area contributed by atoms with Crippen LogP contribution >= 0.6 is 12.2 Å². The van der Waals surface area contributed by atoms with Crippen molar-refractivity contribution in [3.05, 3.63) is 28.6 Å². The van der Waals surface area contributed by atoms with Crippen molar-refractivity contribution in [3.63, 3.8) is 0 Å². The summed E-state index contributed by atoms with van der Waals surface area (Å²) in [4.78, 5) is 17.0. The molecule has 6 nitrogen and oxygen atoms in total. The van der Waals surface area contributed by atoms with Crippen LogP contribution in [0.25, 0.3) is 11.1 Å². The van der Waals surface area contributed by atoms with E-state index in [1.54, 1.807) is 18.2 Å². The molecule has 0 radical (unpaired) electrons. The molecule has 0 unspecified atom stereocenters. The van der Waals surface area contributed by atoms with Gasteiger partial charge in [0.15, 0.2) is 5.58 Å². The quantitative estimate of drug-likeness (QED) is 0.856. The van der Waals surface area contributed by atoms with Gasteiger partial charge in [-0.15, -0.1) is 0 Å². The molecule has 106 valence electrons. The Hall–Kier alpha value is -2.64. The number of aromatic nitrogens is 1. The van der Waals surface area contributed by atoms with Crippen LogP contribution in [0.4, 0.5) is 0 Å². The van der Waals surface area contributed by atoms with Crippen LogP contribution in [-0.4, -0.2) is 28.9 Å². The maximum Gasteiger partial charge on any atom is 0.266 e. The van der Waals surface area contributed by atoms with Crippen LogP contribution in [0, 0.1) is 27.5 Å². The predicted octanol–water partition coefficient (Wildman–Crippen LogP) is 2.76. The molecule has 0 aliphatic rings. The lowest BCUT2D eigenvalue weighted by atomic mass is 10.1. The smallest absolute Gasteiger partial charge is 0.266 e. The molecule has 1 aromatic carbocycles. The number of nitrogens with one attached hydrogen (secondary N) is 1. The number of benzene rings is 1. The van der Waals surface area contributed by atoms with Crippen LogP contribution in [0.5, 0.6) is 0 Å². The number of oxazole rings is 1. The van der Waals surface area contributed by atoms with Crippen LogP contribution in [0.3, 0.4) is 0 Å². The normalized spacial score (nSPS) is 10.0. The zero-order chi connectivity index (χ0) is 15.2. The van der Waals surface area contributed by atoms with Crippen molar-refractivity contribution in [1.29, 1.82) is 10.5 Å². The molecular formula is C14H12N4O2S.